The first kappa shape index (κ1) is 18.9. The minimum absolute atomic E-state index is 0.00281. The standard InChI is InChI=1S/C18H16F3N3O3S/c1-11-16-17(27-23-11)15(24-5-7-28(25,26)8-6-24)10-14(22-16)12-3-2-4-13(9-12)18(19,20)21/h2-4,9-10H,5-8H2,1H3. The van der Waals surface area contributed by atoms with Gasteiger partial charge in [0.15, 0.2) is 0 Å². The van der Waals surface area contributed by atoms with Crippen LogP contribution in [0.4, 0.5) is 18.9 Å². The molecule has 2 aromatic heterocycles. The molecule has 3 aromatic rings. The number of sulfone groups is 1. The van der Waals surface area contributed by atoms with Crippen LogP contribution in [-0.2, 0) is 20.6 Å². The summed E-state index contributed by atoms with van der Waals surface area (Å²) in [5.41, 5.74) is 1.81. The van der Waals surface area contributed by atoms with E-state index in [-0.39, 0.29) is 24.6 Å². The average Bonchev–Trinajstić information content (AvgIpc) is 3.02. The molecule has 1 aliphatic rings. The largest absolute Gasteiger partial charge is 0.615 e. The van der Waals surface area contributed by atoms with Gasteiger partial charge in [-0.1, -0.05) is 17.3 Å². The van der Waals surface area contributed by atoms with Crippen LogP contribution in [0.3, 0.4) is 0 Å². The van der Waals surface area contributed by atoms with Crippen molar-refractivity contribution in [1.82, 2.24) is 10.1 Å². The Kier molecular flexibility index (Phi) is 4.42. The highest BCUT2D eigenvalue weighted by atomic mass is 32.3. The number of rotatable bonds is 2. The Labute approximate surface area is 159 Å². The second-order valence-corrected chi connectivity index (χ2v) is 8.99. The first-order valence-electron chi connectivity index (χ1n) is 8.54. The Balaban J connectivity index is 1.83. The summed E-state index contributed by atoms with van der Waals surface area (Å²) in [6, 6.07) is 6.55. The van der Waals surface area contributed by atoms with Gasteiger partial charge in [-0.3, -0.25) is 0 Å². The first-order chi connectivity index (χ1) is 13.1. The molecule has 1 aliphatic heterocycles. The van der Waals surface area contributed by atoms with Crippen molar-refractivity contribution in [3.63, 3.8) is 0 Å². The Morgan fingerprint density at radius 3 is 2.61 bits per heavy atom. The molecule has 1 saturated heterocycles. The van der Waals surface area contributed by atoms with E-state index in [0.717, 1.165) is 12.1 Å². The van der Waals surface area contributed by atoms with E-state index in [1.807, 2.05) is 4.90 Å². The molecule has 0 N–H and O–H groups in total. The number of pyridine rings is 1. The summed E-state index contributed by atoms with van der Waals surface area (Å²) >= 11 is 0. The van der Waals surface area contributed by atoms with E-state index in [0.29, 0.717) is 33.7 Å². The number of alkyl halides is 3. The van der Waals surface area contributed by atoms with Crippen molar-refractivity contribution in [3.05, 3.63) is 41.6 Å². The predicted molar refractivity (Wildman–Crippen MR) is 97.8 cm³/mol. The van der Waals surface area contributed by atoms with Gasteiger partial charge >= 0.3 is 6.18 Å². The summed E-state index contributed by atoms with van der Waals surface area (Å²) < 4.78 is 68.1. The molecule has 0 spiro atoms. The topological polar surface area (TPSA) is 82.3 Å². The van der Waals surface area contributed by atoms with Crippen LogP contribution in [0, 0.1) is 6.92 Å². The fourth-order valence-corrected chi connectivity index (χ4v) is 4.40. The third kappa shape index (κ3) is 3.49. The van der Waals surface area contributed by atoms with Gasteiger partial charge in [0.1, 0.15) is 22.7 Å². The molecule has 0 amide bonds. The van der Waals surface area contributed by atoms with Gasteiger partial charge in [0.25, 0.3) is 0 Å². The number of hydrogen-bond acceptors (Lipinski definition) is 6. The van der Waals surface area contributed by atoms with Crippen molar-refractivity contribution < 1.29 is 26.5 Å². The molecule has 0 unspecified atom stereocenters. The molecule has 0 saturated carbocycles. The summed E-state index contributed by atoms with van der Waals surface area (Å²) in [6.07, 6.45) is -4.46. The van der Waals surface area contributed by atoms with Crippen LogP contribution >= 0.6 is 0 Å². The minimum atomic E-state index is -4.46. The Bertz CT molecular complexity index is 1080. The van der Waals surface area contributed by atoms with Crippen LogP contribution in [0.1, 0.15) is 11.3 Å². The van der Waals surface area contributed by atoms with E-state index in [1.54, 1.807) is 19.1 Å². The first-order valence-corrected chi connectivity index (χ1v) is 10.4. The normalized spacial score (nSPS) is 17.2. The number of nitrogens with zero attached hydrogens (tertiary/aromatic N) is 3. The van der Waals surface area contributed by atoms with Crippen LogP contribution in [0.5, 0.6) is 0 Å². The molecule has 0 radical (unpaired) electrons. The number of benzene rings is 1. The van der Waals surface area contributed by atoms with Crippen molar-refractivity contribution in [1.29, 1.82) is 0 Å². The SMILES string of the molecule is Cc1noc2c(N3CC[S+](=O)([O-])CC3)cc(-c3cccc(C(F)(F)F)c3)nc12. The summed E-state index contributed by atoms with van der Waals surface area (Å²) in [6.45, 7) is 2.23. The van der Waals surface area contributed by atoms with Gasteiger partial charge in [-0.05, 0) is 25.1 Å². The zero-order valence-electron chi connectivity index (χ0n) is 14.8. The fraction of sp³-hybridized carbons (Fsp3) is 0.333. The van der Waals surface area contributed by atoms with Crippen molar-refractivity contribution in [3.8, 4) is 11.3 Å². The van der Waals surface area contributed by atoms with Gasteiger partial charge in [-0.2, -0.15) is 13.2 Å². The van der Waals surface area contributed by atoms with Crippen molar-refractivity contribution in [2.24, 2.45) is 0 Å². The van der Waals surface area contributed by atoms with Crippen LogP contribution in [0.2, 0.25) is 0 Å². The fourth-order valence-electron chi connectivity index (χ4n) is 3.20. The number of hydrogen-bond donors (Lipinski definition) is 0. The second kappa shape index (κ2) is 6.56. The highest BCUT2D eigenvalue weighted by molar-refractivity contribution is 7.97. The molecule has 3 heterocycles. The predicted octanol–water partition coefficient (Wildman–Crippen LogP) is 3.67. The Morgan fingerprint density at radius 1 is 1.21 bits per heavy atom. The van der Waals surface area contributed by atoms with Gasteiger partial charge in [0, 0.05) is 5.56 Å². The van der Waals surface area contributed by atoms with E-state index in [1.165, 1.54) is 6.07 Å². The lowest BCUT2D eigenvalue weighted by atomic mass is 10.1. The summed E-state index contributed by atoms with van der Waals surface area (Å²) in [4.78, 5) is 6.28. The van der Waals surface area contributed by atoms with Gasteiger partial charge in [0.05, 0.1) is 40.2 Å². The Hall–Kier alpha value is -2.46. The molecule has 1 fully saturated rings. The van der Waals surface area contributed by atoms with E-state index in [4.69, 9.17) is 4.52 Å². The zero-order chi connectivity index (χ0) is 20.1. The van der Waals surface area contributed by atoms with E-state index < -0.39 is 22.0 Å². The van der Waals surface area contributed by atoms with Crippen molar-refractivity contribution >= 4 is 27.0 Å². The number of anilines is 1. The van der Waals surface area contributed by atoms with Crippen molar-refractivity contribution in [2.75, 3.05) is 29.5 Å². The van der Waals surface area contributed by atoms with Crippen molar-refractivity contribution in [2.45, 2.75) is 13.1 Å². The summed E-state index contributed by atoms with van der Waals surface area (Å²) in [5, 5.41) is 3.91. The lowest BCUT2D eigenvalue weighted by molar-refractivity contribution is -0.137. The monoisotopic (exact) mass is 411 g/mol. The molecule has 1 aromatic carbocycles. The lowest BCUT2D eigenvalue weighted by Crippen LogP contribution is -2.43. The number of aryl methyl sites for hydroxylation is 1. The van der Waals surface area contributed by atoms with Crippen LogP contribution in [0.25, 0.3) is 22.4 Å². The third-order valence-electron chi connectivity index (χ3n) is 4.74. The van der Waals surface area contributed by atoms with Crippen LogP contribution in [-0.4, -0.2) is 39.3 Å². The van der Waals surface area contributed by atoms with E-state index in [9.17, 15) is 21.9 Å². The van der Waals surface area contributed by atoms with E-state index >= 15 is 0 Å². The highest BCUT2D eigenvalue weighted by Gasteiger charge is 2.31. The van der Waals surface area contributed by atoms with Gasteiger partial charge < -0.3 is 14.0 Å². The molecule has 6 nitrogen and oxygen atoms in total. The quantitative estimate of drug-likeness (QED) is 0.599. The molecule has 148 valence electrons. The molecule has 0 aliphatic carbocycles. The highest BCUT2D eigenvalue weighted by Crippen LogP contribution is 2.36. The Morgan fingerprint density at radius 2 is 1.93 bits per heavy atom. The minimum Gasteiger partial charge on any atom is -0.615 e. The number of halogens is 3. The molecule has 4 rings (SSSR count). The molecular formula is C18H16F3N3O3S. The summed E-state index contributed by atoms with van der Waals surface area (Å²) in [5.74, 6) is 0.00561. The maximum absolute atomic E-state index is 13.1. The van der Waals surface area contributed by atoms with Gasteiger partial charge in [-0.15, -0.1) is 4.21 Å². The molecule has 28 heavy (non-hydrogen) atoms. The third-order valence-corrected chi connectivity index (χ3v) is 6.35. The summed E-state index contributed by atoms with van der Waals surface area (Å²) in [7, 11) is -3.08. The zero-order valence-corrected chi connectivity index (χ0v) is 15.6. The second-order valence-electron chi connectivity index (χ2n) is 6.69. The van der Waals surface area contributed by atoms with E-state index in [2.05, 4.69) is 10.1 Å². The van der Waals surface area contributed by atoms with Crippen LogP contribution < -0.4 is 4.90 Å². The lowest BCUT2D eigenvalue weighted by Gasteiger charge is -2.31. The smallest absolute Gasteiger partial charge is 0.416 e. The maximum atomic E-state index is 13.1. The number of fused-ring (bicyclic) bond motifs is 1. The molecule has 10 heteroatoms. The average molecular weight is 411 g/mol. The number of aromatic nitrogens is 2. The van der Waals surface area contributed by atoms with Crippen LogP contribution in [0.15, 0.2) is 34.9 Å². The molecule has 0 atom stereocenters. The van der Waals surface area contributed by atoms with Gasteiger partial charge in [-0.25, -0.2) is 4.98 Å². The maximum Gasteiger partial charge on any atom is 0.416 e. The molecule has 0 bridgehead atoms. The van der Waals surface area contributed by atoms with Gasteiger partial charge in [0.2, 0.25) is 5.58 Å². The molecular weight excluding hydrogens is 395 g/mol.